The van der Waals surface area contributed by atoms with E-state index in [-0.39, 0.29) is 6.04 Å². The number of nitrogens with one attached hydrogen (secondary N) is 1. The molecule has 3 aromatic rings. The van der Waals surface area contributed by atoms with Gasteiger partial charge < -0.3 is 0 Å². The molecule has 0 fully saturated rings. The van der Waals surface area contributed by atoms with Crippen molar-refractivity contribution in [3.8, 4) is 0 Å². The molecule has 0 saturated carbocycles. The van der Waals surface area contributed by atoms with Crippen molar-refractivity contribution in [1.82, 2.24) is 19.8 Å². The Kier molecular flexibility index (Phi) is 4.05. The van der Waals surface area contributed by atoms with Crippen molar-refractivity contribution < 1.29 is 0 Å². The zero-order valence-corrected chi connectivity index (χ0v) is 11.9. The molecule has 3 rings (SSSR count). The molecule has 104 valence electrons. The van der Waals surface area contributed by atoms with Crippen molar-refractivity contribution >= 4 is 16.3 Å². The number of hydrazine groups is 1. The van der Waals surface area contributed by atoms with Crippen LogP contribution in [0.15, 0.2) is 42.3 Å². The van der Waals surface area contributed by atoms with Crippen LogP contribution >= 0.6 is 11.3 Å². The number of fused-ring (bicyclic) bond motifs is 1. The Bertz CT molecular complexity index is 632. The van der Waals surface area contributed by atoms with Gasteiger partial charge in [-0.2, -0.15) is 0 Å². The van der Waals surface area contributed by atoms with Crippen molar-refractivity contribution in [2.45, 2.75) is 25.3 Å². The number of aryl methyl sites for hydroxylation is 1. The largest absolute Gasteiger partial charge is 0.297 e. The van der Waals surface area contributed by atoms with Crippen LogP contribution in [0.25, 0.3) is 4.96 Å². The minimum Gasteiger partial charge on any atom is -0.297 e. The zero-order chi connectivity index (χ0) is 13.8. The maximum atomic E-state index is 5.66. The highest BCUT2D eigenvalue weighted by Gasteiger charge is 2.11. The molecule has 0 aliphatic rings. The lowest BCUT2D eigenvalue weighted by Gasteiger charge is -2.14. The van der Waals surface area contributed by atoms with Gasteiger partial charge in [0.25, 0.3) is 0 Å². The van der Waals surface area contributed by atoms with Crippen molar-refractivity contribution in [2.24, 2.45) is 5.84 Å². The van der Waals surface area contributed by atoms with Crippen LogP contribution in [0, 0.1) is 0 Å². The Morgan fingerprint density at radius 2 is 2.20 bits per heavy atom. The van der Waals surface area contributed by atoms with Crippen LogP contribution in [0.4, 0.5) is 0 Å². The second-order valence-electron chi connectivity index (χ2n) is 4.79. The Morgan fingerprint density at radius 1 is 1.35 bits per heavy atom. The third-order valence-electron chi connectivity index (χ3n) is 3.37. The van der Waals surface area contributed by atoms with E-state index in [4.69, 9.17) is 5.84 Å². The topological polar surface area (TPSA) is 68.2 Å². The molecule has 1 unspecified atom stereocenters. The summed E-state index contributed by atoms with van der Waals surface area (Å²) in [6.07, 6.45) is 10.6. The summed E-state index contributed by atoms with van der Waals surface area (Å²) in [5, 5.41) is 2.04. The summed E-state index contributed by atoms with van der Waals surface area (Å²) in [5.74, 6) is 5.66. The minimum atomic E-state index is 0.229. The fraction of sp³-hybridized carbons (Fsp3) is 0.286. The molecular formula is C14H17N5S. The Labute approximate surface area is 121 Å². The fourth-order valence-electron chi connectivity index (χ4n) is 2.26. The van der Waals surface area contributed by atoms with E-state index in [9.17, 15) is 0 Å². The van der Waals surface area contributed by atoms with Gasteiger partial charge in [0.15, 0.2) is 4.96 Å². The second kappa shape index (κ2) is 6.13. The minimum absolute atomic E-state index is 0.229. The van der Waals surface area contributed by atoms with Crippen LogP contribution in [0.3, 0.4) is 0 Å². The van der Waals surface area contributed by atoms with Crippen molar-refractivity contribution in [3.63, 3.8) is 0 Å². The third-order valence-corrected chi connectivity index (χ3v) is 4.14. The van der Waals surface area contributed by atoms with E-state index in [1.807, 2.05) is 36.1 Å². The molecule has 3 heterocycles. The van der Waals surface area contributed by atoms with Gasteiger partial charge in [0.1, 0.15) is 0 Å². The van der Waals surface area contributed by atoms with Crippen LogP contribution in [-0.2, 0) is 12.8 Å². The number of pyridine rings is 1. The summed E-state index contributed by atoms with van der Waals surface area (Å²) in [6.45, 7) is 0. The van der Waals surface area contributed by atoms with Gasteiger partial charge in [-0.05, 0) is 30.5 Å². The van der Waals surface area contributed by atoms with Gasteiger partial charge >= 0.3 is 0 Å². The maximum absolute atomic E-state index is 5.66. The monoisotopic (exact) mass is 287 g/mol. The number of thiazole rings is 1. The van der Waals surface area contributed by atoms with Crippen LogP contribution < -0.4 is 11.3 Å². The predicted molar refractivity (Wildman–Crippen MR) is 80.4 cm³/mol. The Hall–Kier alpha value is -1.76. The first kappa shape index (κ1) is 13.2. The lowest BCUT2D eigenvalue weighted by molar-refractivity contribution is 0.488. The number of nitrogens with two attached hydrogens (primary N) is 1. The fourth-order valence-corrected chi connectivity index (χ4v) is 2.98. The van der Waals surface area contributed by atoms with Crippen molar-refractivity contribution in [1.29, 1.82) is 0 Å². The van der Waals surface area contributed by atoms with E-state index in [1.54, 1.807) is 11.3 Å². The highest BCUT2D eigenvalue weighted by atomic mass is 32.1. The van der Waals surface area contributed by atoms with E-state index in [0.29, 0.717) is 0 Å². The molecule has 3 aromatic heterocycles. The molecule has 0 bridgehead atoms. The number of imidazole rings is 1. The molecule has 6 heteroatoms. The number of hydrogen-bond acceptors (Lipinski definition) is 5. The second-order valence-corrected chi connectivity index (χ2v) is 5.66. The standard InChI is InChI=1S/C14H17N5S/c15-18-12(2-1-11-3-5-16-6-4-11)9-13-10-19-7-8-20-14(19)17-13/h3-8,10,12,18H,1-2,9,15H2. The summed E-state index contributed by atoms with van der Waals surface area (Å²) in [4.78, 5) is 9.65. The van der Waals surface area contributed by atoms with Gasteiger partial charge in [-0.15, -0.1) is 11.3 Å². The highest BCUT2D eigenvalue weighted by Crippen LogP contribution is 2.14. The van der Waals surface area contributed by atoms with Gasteiger partial charge in [-0.25, -0.2) is 4.98 Å². The average molecular weight is 287 g/mol. The molecule has 0 aliphatic heterocycles. The SMILES string of the molecule is NNC(CCc1ccncc1)Cc1cn2ccsc2n1. The summed E-state index contributed by atoms with van der Waals surface area (Å²) in [5.41, 5.74) is 5.26. The van der Waals surface area contributed by atoms with Crippen LogP contribution in [0.2, 0.25) is 0 Å². The lowest BCUT2D eigenvalue weighted by Crippen LogP contribution is -2.37. The quantitative estimate of drug-likeness (QED) is 0.536. The Morgan fingerprint density at radius 3 is 2.95 bits per heavy atom. The van der Waals surface area contributed by atoms with Crippen LogP contribution in [0.5, 0.6) is 0 Å². The number of nitrogens with zero attached hydrogens (tertiary/aromatic N) is 3. The third kappa shape index (κ3) is 3.04. The highest BCUT2D eigenvalue weighted by molar-refractivity contribution is 7.15. The predicted octanol–water partition coefficient (Wildman–Crippen LogP) is 1.80. The smallest absolute Gasteiger partial charge is 0.193 e. The molecule has 0 spiro atoms. The first-order valence-electron chi connectivity index (χ1n) is 6.61. The Balaban J connectivity index is 1.60. The van der Waals surface area contributed by atoms with E-state index in [0.717, 1.165) is 29.9 Å². The van der Waals surface area contributed by atoms with Gasteiger partial charge in [0.05, 0.1) is 5.69 Å². The average Bonchev–Trinajstić information content (AvgIpc) is 3.05. The van der Waals surface area contributed by atoms with Crippen LogP contribution in [0.1, 0.15) is 17.7 Å². The summed E-state index contributed by atoms with van der Waals surface area (Å²) < 4.78 is 2.05. The van der Waals surface area contributed by atoms with E-state index in [1.165, 1.54) is 5.56 Å². The summed E-state index contributed by atoms with van der Waals surface area (Å²) >= 11 is 1.65. The van der Waals surface area contributed by atoms with Crippen LogP contribution in [-0.4, -0.2) is 20.4 Å². The van der Waals surface area contributed by atoms with E-state index in [2.05, 4.69) is 26.0 Å². The molecule has 0 aromatic carbocycles. The number of aromatic nitrogens is 3. The maximum Gasteiger partial charge on any atom is 0.193 e. The molecular weight excluding hydrogens is 270 g/mol. The molecule has 0 saturated heterocycles. The molecule has 0 amide bonds. The molecule has 0 aliphatic carbocycles. The molecule has 1 atom stereocenters. The molecule has 3 N–H and O–H groups in total. The van der Waals surface area contributed by atoms with E-state index >= 15 is 0 Å². The zero-order valence-electron chi connectivity index (χ0n) is 11.1. The molecule has 5 nitrogen and oxygen atoms in total. The number of hydrogen-bond donors (Lipinski definition) is 2. The van der Waals surface area contributed by atoms with Gasteiger partial charge in [0, 0.05) is 42.6 Å². The molecule has 20 heavy (non-hydrogen) atoms. The van der Waals surface area contributed by atoms with Gasteiger partial charge in [0.2, 0.25) is 0 Å². The van der Waals surface area contributed by atoms with Crippen molar-refractivity contribution in [3.05, 3.63) is 53.6 Å². The first-order valence-corrected chi connectivity index (χ1v) is 7.49. The number of rotatable bonds is 6. The van der Waals surface area contributed by atoms with Crippen molar-refractivity contribution in [2.75, 3.05) is 0 Å². The van der Waals surface area contributed by atoms with Gasteiger partial charge in [-0.1, -0.05) is 0 Å². The van der Waals surface area contributed by atoms with E-state index < -0.39 is 0 Å². The summed E-state index contributed by atoms with van der Waals surface area (Å²) in [7, 11) is 0. The summed E-state index contributed by atoms with van der Waals surface area (Å²) in [6, 6.07) is 4.31. The lowest BCUT2D eigenvalue weighted by atomic mass is 10.0. The van der Waals surface area contributed by atoms with Gasteiger partial charge in [-0.3, -0.25) is 20.7 Å². The first-order chi connectivity index (χ1) is 9.85. The normalized spacial score (nSPS) is 12.8. The molecule has 0 radical (unpaired) electrons.